The number of ether oxygens (including phenoxy) is 6. The summed E-state index contributed by atoms with van der Waals surface area (Å²) in [5.41, 5.74) is 6.90. The Morgan fingerprint density at radius 1 is 0.500 bits per heavy atom. The maximum atomic E-state index is 6.32. The zero-order valence-electron chi connectivity index (χ0n) is 29.2. The molecule has 3 fully saturated rings. The highest BCUT2D eigenvalue weighted by atomic mass is 16.6. The third-order valence-corrected chi connectivity index (χ3v) is 8.92. The first-order chi connectivity index (χ1) is 21.7. The van der Waals surface area contributed by atoms with Gasteiger partial charge in [0.05, 0.1) is 19.8 Å². The van der Waals surface area contributed by atoms with Crippen molar-refractivity contribution < 1.29 is 28.4 Å². The van der Waals surface area contributed by atoms with Gasteiger partial charge in [-0.25, -0.2) is 0 Å². The van der Waals surface area contributed by atoms with Gasteiger partial charge in [-0.1, -0.05) is 98.7 Å². The van der Waals surface area contributed by atoms with Gasteiger partial charge in [-0.15, -0.1) is 0 Å². The van der Waals surface area contributed by atoms with Gasteiger partial charge >= 0.3 is 0 Å². The van der Waals surface area contributed by atoms with Crippen molar-refractivity contribution in [3.8, 4) is 17.2 Å². The molecule has 3 saturated heterocycles. The fraction of sp³-hybridized carbons (Fsp3) is 0.550. The van der Waals surface area contributed by atoms with Gasteiger partial charge in [-0.2, -0.15) is 0 Å². The molecule has 0 bridgehead atoms. The SMILES string of the molecule is CC(C)(C)c1cc(C(c2ccc(OCC3CO3)c(C(C)(C)C)c2)c2ccc(OCC3CO3)c(C(C)(C)C)c2)ccc1OCC1CO1. The first-order valence-corrected chi connectivity index (χ1v) is 16.8. The van der Waals surface area contributed by atoms with E-state index in [2.05, 4.69) is 117 Å². The number of benzene rings is 3. The average Bonchev–Trinajstić information content (AvgIpc) is 3.84. The van der Waals surface area contributed by atoms with E-state index in [0.29, 0.717) is 19.8 Å². The minimum atomic E-state index is -0.113. The van der Waals surface area contributed by atoms with Gasteiger partial charge < -0.3 is 28.4 Å². The highest BCUT2D eigenvalue weighted by molar-refractivity contribution is 5.54. The van der Waals surface area contributed by atoms with E-state index in [0.717, 1.165) is 37.1 Å². The van der Waals surface area contributed by atoms with Gasteiger partial charge in [0.2, 0.25) is 0 Å². The molecule has 6 heteroatoms. The summed E-state index contributed by atoms with van der Waals surface area (Å²) in [5, 5.41) is 0. The Morgan fingerprint density at radius 2 is 0.761 bits per heavy atom. The highest BCUT2D eigenvalue weighted by Gasteiger charge is 2.31. The minimum Gasteiger partial charge on any atom is -0.490 e. The summed E-state index contributed by atoms with van der Waals surface area (Å²) < 4.78 is 35.3. The molecular formula is C40H52O6. The van der Waals surface area contributed by atoms with Crippen molar-refractivity contribution in [1.82, 2.24) is 0 Å². The molecule has 0 aromatic heterocycles. The van der Waals surface area contributed by atoms with Crippen LogP contribution in [-0.4, -0.2) is 58.0 Å². The van der Waals surface area contributed by atoms with Gasteiger partial charge in [0.15, 0.2) is 0 Å². The Bertz CT molecular complexity index is 1340. The molecule has 0 aliphatic carbocycles. The van der Waals surface area contributed by atoms with Crippen LogP contribution in [-0.2, 0) is 30.5 Å². The van der Waals surface area contributed by atoms with Crippen molar-refractivity contribution in [3.63, 3.8) is 0 Å². The van der Waals surface area contributed by atoms with Crippen molar-refractivity contribution in [2.75, 3.05) is 39.6 Å². The summed E-state index contributed by atoms with van der Waals surface area (Å²) in [5.74, 6) is 2.75. The second-order valence-corrected chi connectivity index (χ2v) is 16.2. The number of epoxide rings is 3. The van der Waals surface area contributed by atoms with Crippen LogP contribution >= 0.6 is 0 Å². The van der Waals surface area contributed by atoms with Crippen LogP contribution in [0.3, 0.4) is 0 Å². The van der Waals surface area contributed by atoms with E-state index >= 15 is 0 Å². The maximum absolute atomic E-state index is 6.32. The maximum Gasteiger partial charge on any atom is 0.123 e. The quantitative estimate of drug-likeness (QED) is 0.149. The van der Waals surface area contributed by atoms with E-state index in [-0.39, 0.29) is 40.5 Å². The predicted octanol–water partition coefficient (Wildman–Crippen LogP) is 8.09. The topological polar surface area (TPSA) is 65.3 Å². The van der Waals surface area contributed by atoms with Gasteiger partial charge in [0.25, 0.3) is 0 Å². The van der Waals surface area contributed by atoms with Crippen LogP contribution < -0.4 is 14.2 Å². The number of hydrogen-bond donors (Lipinski definition) is 0. The summed E-state index contributed by atoms with van der Waals surface area (Å²) in [4.78, 5) is 0. The molecule has 0 amide bonds. The normalized spacial score (nSPS) is 21.5. The lowest BCUT2D eigenvalue weighted by atomic mass is 9.76. The Labute approximate surface area is 275 Å². The molecule has 3 aliphatic rings. The van der Waals surface area contributed by atoms with E-state index in [1.54, 1.807) is 0 Å². The fourth-order valence-corrected chi connectivity index (χ4v) is 5.94. The highest BCUT2D eigenvalue weighted by Crippen LogP contribution is 2.43. The van der Waals surface area contributed by atoms with Crippen molar-refractivity contribution in [3.05, 3.63) is 88.0 Å². The zero-order chi connectivity index (χ0) is 32.9. The predicted molar refractivity (Wildman–Crippen MR) is 182 cm³/mol. The molecule has 0 N–H and O–H groups in total. The van der Waals surface area contributed by atoms with Crippen molar-refractivity contribution in [1.29, 1.82) is 0 Å². The molecule has 0 radical (unpaired) electrons. The summed E-state index contributed by atoms with van der Waals surface area (Å²) in [6, 6.07) is 20.2. The Morgan fingerprint density at radius 3 is 0.978 bits per heavy atom. The minimum absolute atomic E-state index is 0.0225. The first kappa shape index (κ1) is 32.9. The molecule has 6 nitrogen and oxygen atoms in total. The zero-order valence-corrected chi connectivity index (χ0v) is 29.2. The average molecular weight is 629 g/mol. The van der Waals surface area contributed by atoms with Gasteiger partial charge in [-0.05, 0) is 67.8 Å². The lowest BCUT2D eigenvalue weighted by Crippen LogP contribution is -2.19. The van der Waals surface area contributed by atoms with E-state index in [1.165, 1.54) is 33.4 Å². The Hall–Kier alpha value is -3.06. The van der Waals surface area contributed by atoms with Crippen molar-refractivity contribution in [2.24, 2.45) is 0 Å². The molecule has 3 atom stereocenters. The number of hydrogen-bond acceptors (Lipinski definition) is 6. The summed E-state index contributed by atoms with van der Waals surface area (Å²) in [6.07, 6.45) is 0.601. The van der Waals surface area contributed by atoms with Crippen LogP contribution in [0.15, 0.2) is 54.6 Å². The Balaban J connectivity index is 1.47. The summed E-state index contributed by atoms with van der Waals surface area (Å²) >= 11 is 0. The smallest absolute Gasteiger partial charge is 0.123 e. The molecular weight excluding hydrogens is 576 g/mol. The van der Waals surface area contributed by atoms with Crippen LogP contribution in [0.1, 0.15) is 102 Å². The van der Waals surface area contributed by atoms with Gasteiger partial charge in [0, 0.05) is 5.92 Å². The molecule has 3 unspecified atom stereocenters. The third-order valence-electron chi connectivity index (χ3n) is 8.92. The molecule has 3 aliphatic heterocycles. The largest absolute Gasteiger partial charge is 0.490 e. The van der Waals surface area contributed by atoms with Crippen molar-refractivity contribution in [2.45, 2.75) is 103 Å². The van der Waals surface area contributed by atoms with Gasteiger partial charge in [0.1, 0.15) is 55.4 Å². The van der Waals surface area contributed by atoms with Crippen LogP contribution in [0, 0.1) is 0 Å². The standard InChI is InChI=1S/C40H52O6/c1-38(2,3)31-16-25(10-13-34(31)44-22-28-19-41-28)37(26-11-14-35(45-23-29-20-42-29)32(17-26)39(4,5)6)27-12-15-36(46-24-30-21-43-30)33(18-27)40(7,8)9/h10-18,28-30,37H,19-24H2,1-9H3. The van der Waals surface area contributed by atoms with E-state index in [4.69, 9.17) is 28.4 Å². The van der Waals surface area contributed by atoms with Crippen LogP contribution in [0.25, 0.3) is 0 Å². The molecule has 3 heterocycles. The summed E-state index contributed by atoms with van der Waals surface area (Å²) in [7, 11) is 0. The molecule has 46 heavy (non-hydrogen) atoms. The van der Waals surface area contributed by atoms with E-state index in [9.17, 15) is 0 Å². The van der Waals surface area contributed by atoms with E-state index < -0.39 is 0 Å². The second-order valence-electron chi connectivity index (χ2n) is 16.2. The monoisotopic (exact) mass is 628 g/mol. The molecule has 3 aromatic rings. The van der Waals surface area contributed by atoms with Crippen LogP contribution in [0.4, 0.5) is 0 Å². The van der Waals surface area contributed by atoms with Crippen LogP contribution in [0.5, 0.6) is 17.2 Å². The first-order valence-electron chi connectivity index (χ1n) is 16.8. The lowest BCUT2D eigenvalue weighted by molar-refractivity contribution is 0.258. The van der Waals surface area contributed by atoms with E-state index in [1.807, 2.05) is 0 Å². The molecule has 0 spiro atoms. The van der Waals surface area contributed by atoms with Crippen molar-refractivity contribution >= 4 is 0 Å². The fourth-order valence-electron chi connectivity index (χ4n) is 5.94. The lowest BCUT2D eigenvalue weighted by Gasteiger charge is -2.30. The molecule has 3 aromatic carbocycles. The number of rotatable bonds is 12. The molecule has 0 saturated carbocycles. The second kappa shape index (κ2) is 12.5. The summed E-state index contributed by atoms with van der Waals surface area (Å²) in [6.45, 7) is 24.3. The Kier molecular flexibility index (Phi) is 8.94. The van der Waals surface area contributed by atoms with Gasteiger partial charge in [-0.3, -0.25) is 0 Å². The molecule has 248 valence electrons. The third kappa shape index (κ3) is 8.07. The molecule has 6 rings (SSSR count). The van der Waals surface area contributed by atoms with Crippen LogP contribution in [0.2, 0.25) is 0 Å².